The smallest absolute Gasteiger partial charge is 0.0857 e. The second-order valence-corrected chi connectivity index (χ2v) is 6.22. The summed E-state index contributed by atoms with van der Waals surface area (Å²) in [6.07, 6.45) is 5.57. The number of ether oxygens (including phenoxy) is 1. The van der Waals surface area contributed by atoms with Gasteiger partial charge < -0.3 is 10.1 Å². The summed E-state index contributed by atoms with van der Waals surface area (Å²) in [5.74, 6) is 0. The monoisotopic (exact) mass is 259 g/mol. The van der Waals surface area contributed by atoms with E-state index in [4.69, 9.17) is 4.74 Å². The van der Waals surface area contributed by atoms with Crippen molar-refractivity contribution in [1.29, 1.82) is 0 Å². The molecule has 19 heavy (non-hydrogen) atoms. The van der Waals surface area contributed by atoms with E-state index < -0.39 is 0 Å². The zero-order valence-electron chi connectivity index (χ0n) is 12.2. The van der Waals surface area contributed by atoms with Gasteiger partial charge in [-0.3, -0.25) is 0 Å². The maximum Gasteiger partial charge on any atom is 0.0857 e. The average molecular weight is 259 g/mol. The van der Waals surface area contributed by atoms with Gasteiger partial charge in [0.05, 0.1) is 11.2 Å². The fourth-order valence-electron chi connectivity index (χ4n) is 3.70. The van der Waals surface area contributed by atoms with Crippen LogP contribution in [0.25, 0.3) is 0 Å². The van der Waals surface area contributed by atoms with E-state index in [-0.39, 0.29) is 11.2 Å². The van der Waals surface area contributed by atoms with E-state index in [1.54, 1.807) is 0 Å². The molecule has 2 aliphatic rings. The Hall–Kier alpha value is -0.860. The second kappa shape index (κ2) is 4.92. The molecule has 1 heterocycles. The van der Waals surface area contributed by atoms with E-state index in [0.29, 0.717) is 0 Å². The van der Waals surface area contributed by atoms with Gasteiger partial charge in [-0.25, -0.2) is 0 Å². The van der Waals surface area contributed by atoms with Gasteiger partial charge in [-0.15, -0.1) is 0 Å². The topological polar surface area (TPSA) is 21.3 Å². The Bertz CT molecular complexity index is 452. The Morgan fingerprint density at radius 3 is 2.58 bits per heavy atom. The van der Waals surface area contributed by atoms with E-state index in [2.05, 4.69) is 43.4 Å². The van der Waals surface area contributed by atoms with Crippen LogP contribution in [0.2, 0.25) is 0 Å². The van der Waals surface area contributed by atoms with Crippen molar-refractivity contribution in [3.63, 3.8) is 0 Å². The molecule has 0 aromatic heterocycles. The molecule has 1 unspecified atom stereocenters. The fourth-order valence-corrected chi connectivity index (χ4v) is 3.70. The molecule has 1 aromatic rings. The Morgan fingerprint density at radius 2 is 1.84 bits per heavy atom. The molecule has 1 aliphatic carbocycles. The van der Waals surface area contributed by atoms with Crippen molar-refractivity contribution < 1.29 is 4.74 Å². The van der Waals surface area contributed by atoms with Crippen molar-refractivity contribution in [2.24, 2.45) is 0 Å². The molecule has 0 amide bonds. The Labute approximate surface area is 116 Å². The summed E-state index contributed by atoms with van der Waals surface area (Å²) >= 11 is 0. The molecule has 1 spiro atoms. The highest BCUT2D eigenvalue weighted by Gasteiger charge is 2.45. The van der Waals surface area contributed by atoms with E-state index in [1.165, 1.54) is 11.1 Å². The summed E-state index contributed by atoms with van der Waals surface area (Å²) in [6.45, 7) is 6.51. The van der Waals surface area contributed by atoms with Crippen LogP contribution in [-0.4, -0.2) is 24.3 Å². The molecule has 0 radical (unpaired) electrons. The van der Waals surface area contributed by atoms with Crippen molar-refractivity contribution in [3.8, 4) is 0 Å². The summed E-state index contributed by atoms with van der Waals surface area (Å²) < 4.78 is 6.70. The fraction of sp³-hybridized carbons (Fsp3) is 0.647. The molecule has 1 aliphatic heterocycles. The van der Waals surface area contributed by atoms with Gasteiger partial charge in [0, 0.05) is 19.5 Å². The van der Waals surface area contributed by atoms with Crippen LogP contribution in [0, 0.1) is 0 Å². The van der Waals surface area contributed by atoms with Crippen LogP contribution in [0.15, 0.2) is 24.3 Å². The highest BCUT2D eigenvalue weighted by Crippen LogP contribution is 2.38. The lowest BCUT2D eigenvalue weighted by Gasteiger charge is -2.50. The second-order valence-electron chi connectivity index (χ2n) is 6.22. The zero-order valence-corrected chi connectivity index (χ0v) is 12.2. The molecule has 1 aromatic carbocycles. The third-order valence-electron chi connectivity index (χ3n) is 5.10. The predicted molar refractivity (Wildman–Crippen MR) is 78.5 cm³/mol. The summed E-state index contributed by atoms with van der Waals surface area (Å²) in [6, 6.07) is 8.85. The van der Waals surface area contributed by atoms with Crippen molar-refractivity contribution in [3.05, 3.63) is 35.4 Å². The highest BCUT2D eigenvalue weighted by atomic mass is 16.5. The third kappa shape index (κ3) is 2.32. The lowest BCUT2D eigenvalue weighted by Crippen LogP contribution is -2.61. The van der Waals surface area contributed by atoms with E-state index in [9.17, 15) is 0 Å². The number of hydrogen-bond acceptors (Lipinski definition) is 2. The predicted octanol–water partition coefficient (Wildman–Crippen LogP) is 3.09. The van der Waals surface area contributed by atoms with Gasteiger partial charge in [-0.05, 0) is 36.8 Å². The molecule has 1 atom stereocenters. The lowest BCUT2D eigenvalue weighted by molar-refractivity contribution is -0.186. The van der Waals surface area contributed by atoms with Crippen molar-refractivity contribution in [1.82, 2.24) is 5.32 Å². The number of nitrogens with one attached hydrogen (secondary N) is 1. The van der Waals surface area contributed by atoms with Crippen molar-refractivity contribution >= 4 is 0 Å². The Kier molecular flexibility index (Phi) is 3.40. The number of rotatable bonds is 2. The van der Waals surface area contributed by atoms with Gasteiger partial charge in [0.15, 0.2) is 0 Å². The van der Waals surface area contributed by atoms with Gasteiger partial charge in [-0.1, -0.05) is 38.1 Å². The molecule has 2 heteroatoms. The Morgan fingerprint density at radius 1 is 1.11 bits per heavy atom. The first kappa shape index (κ1) is 13.1. The number of fused-ring (bicyclic) bond motifs is 1. The minimum atomic E-state index is 0.0264. The molecular formula is C17H25NO. The highest BCUT2D eigenvalue weighted by molar-refractivity contribution is 5.32. The van der Waals surface area contributed by atoms with Crippen LogP contribution in [0.5, 0.6) is 0 Å². The summed E-state index contributed by atoms with van der Waals surface area (Å²) in [5.41, 5.74) is 3.07. The summed E-state index contributed by atoms with van der Waals surface area (Å²) in [5, 5.41) is 3.64. The molecule has 2 nitrogen and oxygen atoms in total. The van der Waals surface area contributed by atoms with Gasteiger partial charge in [0.2, 0.25) is 0 Å². The maximum atomic E-state index is 6.70. The number of benzene rings is 1. The van der Waals surface area contributed by atoms with Gasteiger partial charge in [0.1, 0.15) is 0 Å². The quantitative estimate of drug-likeness (QED) is 0.881. The first-order valence-corrected chi connectivity index (χ1v) is 7.69. The molecule has 1 saturated heterocycles. The normalized spacial score (nSPS) is 29.2. The van der Waals surface area contributed by atoms with Crippen LogP contribution in [0.1, 0.15) is 44.2 Å². The number of morpholine rings is 1. The van der Waals surface area contributed by atoms with Crippen LogP contribution < -0.4 is 5.32 Å². The minimum absolute atomic E-state index is 0.0264. The van der Waals surface area contributed by atoms with E-state index >= 15 is 0 Å². The van der Waals surface area contributed by atoms with Gasteiger partial charge >= 0.3 is 0 Å². The molecular weight excluding hydrogens is 234 g/mol. The SMILES string of the molecule is CCC1(CC)CNCC2(CCc3ccccc3C2)O1. The first-order chi connectivity index (χ1) is 9.21. The summed E-state index contributed by atoms with van der Waals surface area (Å²) in [4.78, 5) is 0. The molecule has 104 valence electrons. The largest absolute Gasteiger partial charge is 0.366 e. The van der Waals surface area contributed by atoms with Crippen molar-refractivity contribution in [2.45, 2.75) is 57.2 Å². The van der Waals surface area contributed by atoms with Crippen LogP contribution in [0.3, 0.4) is 0 Å². The first-order valence-electron chi connectivity index (χ1n) is 7.69. The van der Waals surface area contributed by atoms with Crippen LogP contribution >= 0.6 is 0 Å². The van der Waals surface area contributed by atoms with Crippen LogP contribution in [0.4, 0.5) is 0 Å². The number of aryl methyl sites for hydroxylation is 1. The van der Waals surface area contributed by atoms with E-state index in [0.717, 1.165) is 45.2 Å². The lowest BCUT2D eigenvalue weighted by atomic mass is 9.78. The standard InChI is InChI=1S/C17H25NO/c1-3-16(4-2)12-18-13-17(19-16)10-9-14-7-5-6-8-15(14)11-17/h5-8,18H,3-4,9-13H2,1-2H3. The van der Waals surface area contributed by atoms with Gasteiger partial charge in [-0.2, -0.15) is 0 Å². The van der Waals surface area contributed by atoms with Crippen LogP contribution in [-0.2, 0) is 17.6 Å². The molecule has 0 bridgehead atoms. The zero-order chi connectivity index (χ0) is 13.3. The average Bonchev–Trinajstić information content (AvgIpc) is 2.47. The van der Waals surface area contributed by atoms with Crippen molar-refractivity contribution in [2.75, 3.05) is 13.1 Å². The molecule has 3 rings (SSSR count). The Balaban J connectivity index is 1.85. The molecule has 1 N–H and O–H groups in total. The molecule has 0 saturated carbocycles. The summed E-state index contributed by atoms with van der Waals surface area (Å²) in [7, 11) is 0. The minimum Gasteiger partial charge on any atom is -0.366 e. The molecule has 1 fully saturated rings. The van der Waals surface area contributed by atoms with Gasteiger partial charge in [0.25, 0.3) is 0 Å². The number of hydrogen-bond donors (Lipinski definition) is 1. The van der Waals surface area contributed by atoms with E-state index in [1.807, 2.05) is 0 Å². The maximum absolute atomic E-state index is 6.70. The third-order valence-corrected chi connectivity index (χ3v) is 5.10.